The van der Waals surface area contributed by atoms with Gasteiger partial charge in [0.2, 0.25) is 0 Å². The lowest BCUT2D eigenvalue weighted by atomic mass is 9.83. The van der Waals surface area contributed by atoms with Crippen LogP contribution in [-0.4, -0.2) is 29.9 Å². The predicted molar refractivity (Wildman–Crippen MR) is 60.5 cm³/mol. The molecule has 1 fully saturated rings. The molecule has 0 atom stereocenters. The molecule has 0 saturated carbocycles. The van der Waals surface area contributed by atoms with E-state index in [2.05, 4.69) is 0 Å². The lowest BCUT2D eigenvalue weighted by molar-refractivity contribution is -0.211. The molecular weight excluding hydrogens is 206 g/mol. The first-order valence-corrected chi connectivity index (χ1v) is 5.63. The van der Waals surface area contributed by atoms with Gasteiger partial charge in [-0.2, -0.15) is 0 Å². The van der Waals surface area contributed by atoms with Crippen molar-refractivity contribution < 1.29 is 14.4 Å². The molecule has 4 heteroatoms. The van der Waals surface area contributed by atoms with Crippen LogP contribution in [0.1, 0.15) is 41.0 Å². The highest BCUT2D eigenvalue weighted by atomic mass is 16.7. The molecule has 1 heterocycles. The zero-order valence-corrected chi connectivity index (χ0v) is 10.8. The topological polar surface area (TPSA) is 46.6 Å². The van der Waals surface area contributed by atoms with Crippen LogP contribution in [0.4, 0.5) is 0 Å². The van der Waals surface area contributed by atoms with Crippen molar-refractivity contribution in [2.75, 3.05) is 13.1 Å². The minimum Gasteiger partial charge on any atom is -0.367 e. The fraction of sp³-hybridized carbons (Fsp3) is 0.833. The fourth-order valence-corrected chi connectivity index (χ4v) is 1.50. The number of hydrogen-bond donors (Lipinski definition) is 0. The molecule has 1 aliphatic heterocycles. The Labute approximate surface area is 96.9 Å². The minimum atomic E-state index is -0.508. The van der Waals surface area contributed by atoms with E-state index in [-0.39, 0.29) is 11.8 Å². The van der Waals surface area contributed by atoms with Gasteiger partial charge in [0.15, 0.2) is 0 Å². The van der Waals surface area contributed by atoms with Gasteiger partial charge in [0, 0.05) is 24.9 Å². The van der Waals surface area contributed by atoms with Crippen molar-refractivity contribution in [3.63, 3.8) is 0 Å². The summed E-state index contributed by atoms with van der Waals surface area (Å²) < 4.78 is 0. The van der Waals surface area contributed by atoms with Gasteiger partial charge in [0.1, 0.15) is 5.78 Å². The highest BCUT2D eigenvalue weighted by Crippen LogP contribution is 2.26. The normalized spacial score (nSPS) is 21.9. The summed E-state index contributed by atoms with van der Waals surface area (Å²) in [5, 5.41) is 1.61. The van der Waals surface area contributed by atoms with Crippen LogP contribution in [0.25, 0.3) is 0 Å². The molecule has 1 rings (SSSR count). The van der Waals surface area contributed by atoms with Crippen molar-refractivity contribution in [1.82, 2.24) is 5.06 Å². The van der Waals surface area contributed by atoms with Gasteiger partial charge in [-0.05, 0) is 20.8 Å². The number of nitrogens with zero attached hydrogens (tertiary/aromatic N) is 1. The quantitative estimate of drug-likeness (QED) is 0.685. The van der Waals surface area contributed by atoms with E-state index in [0.717, 1.165) is 0 Å². The SMILES string of the molecule is CC(C)(C)C(=O)ON1CCC(=O)C(C)(C)C1. The lowest BCUT2D eigenvalue weighted by Gasteiger charge is -2.36. The van der Waals surface area contributed by atoms with Gasteiger partial charge in [-0.3, -0.25) is 4.79 Å². The van der Waals surface area contributed by atoms with Gasteiger partial charge in [-0.1, -0.05) is 13.8 Å². The van der Waals surface area contributed by atoms with Crippen LogP contribution in [0.2, 0.25) is 0 Å². The third kappa shape index (κ3) is 3.04. The van der Waals surface area contributed by atoms with E-state index in [9.17, 15) is 9.59 Å². The molecule has 0 N–H and O–H groups in total. The molecule has 0 unspecified atom stereocenters. The Kier molecular flexibility index (Phi) is 3.43. The number of carbonyl (C=O) groups excluding carboxylic acids is 2. The molecule has 92 valence electrons. The molecule has 4 nitrogen and oxygen atoms in total. The van der Waals surface area contributed by atoms with Gasteiger partial charge < -0.3 is 4.84 Å². The second kappa shape index (κ2) is 4.17. The van der Waals surface area contributed by atoms with Crippen molar-refractivity contribution in [3.8, 4) is 0 Å². The van der Waals surface area contributed by atoms with Crippen molar-refractivity contribution in [3.05, 3.63) is 0 Å². The summed E-state index contributed by atoms with van der Waals surface area (Å²) in [5.74, 6) is -0.0202. The van der Waals surface area contributed by atoms with E-state index in [1.54, 1.807) is 5.06 Å². The van der Waals surface area contributed by atoms with Crippen molar-refractivity contribution in [2.24, 2.45) is 10.8 Å². The summed E-state index contributed by atoms with van der Waals surface area (Å²) in [6, 6.07) is 0. The summed E-state index contributed by atoms with van der Waals surface area (Å²) in [6.45, 7) is 10.2. The third-order valence-electron chi connectivity index (χ3n) is 2.74. The number of hydroxylamine groups is 2. The van der Waals surface area contributed by atoms with E-state index in [0.29, 0.717) is 19.5 Å². The third-order valence-corrected chi connectivity index (χ3v) is 2.74. The van der Waals surface area contributed by atoms with Gasteiger partial charge in [-0.15, -0.1) is 5.06 Å². The van der Waals surface area contributed by atoms with Crippen molar-refractivity contribution in [1.29, 1.82) is 0 Å². The van der Waals surface area contributed by atoms with Crippen LogP contribution in [0.3, 0.4) is 0 Å². The Morgan fingerprint density at radius 3 is 2.38 bits per heavy atom. The fourth-order valence-electron chi connectivity index (χ4n) is 1.50. The molecule has 1 aliphatic rings. The van der Waals surface area contributed by atoms with Gasteiger partial charge in [0.25, 0.3) is 0 Å². The molecule has 0 aliphatic carbocycles. The monoisotopic (exact) mass is 227 g/mol. The summed E-state index contributed by atoms with van der Waals surface area (Å²) in [5.41, 5.74) is -0.929. The zero-order chi connectivity index (χ0) is 12.6. The largest absolute Gasteiger partial charge is 0.367 e. The highest BCUT2D eigenvalue weighted by molar-refractivity contribution is 5.85. The second-order valence-electron chi connectivity index (χ2n) is 6.05. The van der Waals surface area contributed by atoms with Crippen LogP contribution >= 0.6 is 0 Å². The van der Waals surface area contributed by atoms with Gasteiger partial charge in [-0.25, -0.2) is 4.79 Å². The van der Waals surface area contributed by atoms with E-state index < -0.39 is 10.8 Å². The zero-order valence-electron chi connectivity index (χ0n) is 10.8. The van der Waals surface area contributed by atoms with E-state index >= 15 is 0 Å². The molecule has 0 bridgehead atoms. The summed E-state index contributed by atoms with van der Waals surface area (Å²) in [7, 11) is 0. The smallest absolute Gasteiger partial charge is 0.330 e. The first-order chi connectivity index (χ1) is 7.13. The van der Waals surface area contributed by atoms with E-state index in [1.165, 1.54) is 0 Å². The Bertz CT molecular complexity index is 302. The first kappa shape index (κ1) is 13.2. The lowest BCUT2D eigenvalue weighted by Crippen LogP contribution is -2.47. The summed E-state index contributed by atoms with van der Waals surface area (Å²) in [6.07, 6.45) is 0.449. The van der Waals surface area contributed by atoms with E-state index in [1.807, 2.05) is 34.6 Å². The standard InChI is InChI=1S/C12H21NO3/c1-11(2,3)10(15)16-13-7-6-9(14)12(4,5)8-13/h6-8H2,1-5H3. The molecule has 0 aromatic rings. The Hall–Kier alpha value is -0.900. The number of piperidine rings is 1. The minimum absolute atomic E-state index is 0.232. The molecule has 0 aromatic heterocycles. The van der Waals surface area contributed by atoms with Gasteiger partial charge >= 0.3 is 5.97 Å². The molecule has 0 radical (unpaired) electrons. The Morgan fingerprint density at radius 2 is 1.94 bits per heavy atom. The summed E-state index contributed by atoms with van der Waals surface area (Å²) in [4.78, 5) is 28.5. The number of Topliss-reactive ketones (excluding diaryl/α,β-unsaturated/α-hetero) is 1. The molecule has 0 amide bonds. The maximum Gasteiger partial charge on any atom is 0.330 e. The Morgan fingerprint density at radius 1 is 1.38 bits per heavy atom. The number of carbonyl (C=O) groups is 2. The van der Waals surface area contributed by atoms with Crippen LogP contribution < -0.4 is 0 Å². The molecular formula is C12H21NO3. The Balaban J connectivity index is 2.59. The number of ketones is 1. The second-order valence-corrected chi connectivity index (χ2v) is 6.05. The highest BCUT2D eigenvalue weighted by Gasteiger charge is 2.37. The average Bonchev–Trinajstić information content (AvgIpc) is 2.09. The molecule has 0 aromatic carbocycles. The average molecular weight is 227 g/mol. The predicted octanol–water partition coefficient (Wildman–Crippen LogP) is 1.79. The molecule has 16 heavy (non-hydrogen) atoms. The maximum absolute atomic E-state index is 11.7. The first-order valence-electron chi connectivity index (χ1n) is 5.63. The van der Waals surface area contributed by atoms with E-state index in [4.69, 9.17) is 4.84 Å². The van der Waals surface area contributed by atoms with Crippen LogP contribution in [0.5, 0.6) is 0 Å². The summed E-state index contributed by atoms with van der Waals surface area (Å²) >= 11 is 0. The number of hydrogen-bond acceptors (Lipinski definition) is 4. The van der Waals surface area contributed by atoms with Crippen molar-refractivity contribution >= 4 is 11.8 Å². The van der Waals surface area contributed by atoms with Crippen molar-refractivity contribution in [2.45, 2.75) is 41.0 Å². The van der Waals surface area contributed by atoms with Crippen LogP contribution in [0, 0.1) is 10.8 Å². The van der Waals surface area contributed by atoms with Gasteiger partial charge in [0.05, 0.1) is 5.41 Å². The molecule has 0 spiro atoms. The van der Waals surface area contributed by atoms with Crippen LogP contribution in [-0.2, 0) is 14.4 Å². The van der Waals surface area contributed by atoms with Crippen LogP contribution in [0.15, 0.2) is 0 Å². The number of rotatable bonds is 1. The molecule has 1 saturated heterocycles. The maximum atomic E-state index is 11.7.